The molecule has 3 heterocycles. The smallest absolute Gasteiger partial charge is 0.242 e. The lowest BCUT2D eigenvalue weighted by Crippen LogP contribution is -2.58. The van der Waals surface area contributed by atoms with E-state index in [1.807, 2.05) is 9.80 Å². The molecule has 0 aromatic carbocycles. The highest BCUT2D eigenvalue weighted by Crippen LogP contribution is 2.07. The molecular formula is C15H26N4O4. The molecule has 0 spiro atoms. The predicted octanol–water partition coefficient (Wildman–Crippen LogP) is -2.02. The summed E-state index contributed by atoms with van der Waals surface area (Å²) < 4.78 is 10.6. The first-order valence-corrected chi connectivity index (χ1v) is 8.42. The van der Waals surface area contributed by atoms with Crippen molar-refractivity contribution in [1.82, 2.24) is 20.0 Å². The normalized spacial score (nSPS) is 27.0. The third-order valence-electron chi connectivity index (χ3n) is 4.63. The van der Waals surface area contributed by atoms with Crippen LogP contribution in [-0.2, 0) is 19.1 Å². The van der Waals surface area contributed by atoms with Gasteiger partial charge in [0.1, 0.15) is 6.04 Å². The van der Waals surface area contributed by atoms with Crippen LogP contribution in [0.1, 0.15) is 0 Å². The van der Waals surface area contributed by atoms with Gasteiger partial charge in [0.25, 0.3) is 0 Å². The van der Waals surface area contributed by atoms with Crippen molar-refractivity contribution in [2.24, 2.45) is 0 Å². The van der Waals surface area contributed by atoms with Gasteiger partial charge in [0.2, 0.25) is 11.8 Å². The minimum Gasteiger partial charge on any atom is -0.378 e. The lowest BCUT2D eigenvalue weighted by molar-refractivity contribution is -0.140. The molecule has 3 saturated heterocycles. The molecule has 23 heavy (non-hydrogen) atoms. The summed E-state index contributed by atoms with van der Waals surface area (Å²) in [6, 6.07) is -0.217. The quantitative estimate of drug-likeness (QED) is 0.645. The Kier molecular flexibility index (Phi) is 5.82. The largest absolute Gasteiger partial charge is 0.378 e. The Bertz CT molecular complexity index is 414. The topological polar surface area (TPSA) is 74.4 Å². The number of nitrogens with zero attached hydrogens (tertiary/aromatic N) is 3. The van der Waals surface area contributed by atoms with Crippen molar-refractivity contribution < 1.29 is 19.1 Å². The van der Waals surface area contributed by atoms with Crippen LogP contribution in [0.3, 0.4) is 0 Å². The molecule has 3 fully saturated rings. The standard InChI is InChI=1S/C15H26N4O4/c20-14(18-6-9-22-10-7-18)11-17-2-4-19(5-3-17)15(21)13-12-23-8-1-16-13/h13,16H,1-12H2. The summed E-state index contributed by atoms with van der Waals surface area (Å²) in [5.41, 5.74) is 0. The van der Waals surface area contributed by atoms with Crippen LogP contribution in [0, 0.1) is 0 Å². The van der Waals surface area contributed by atoms with Crippen molar-refractivity contribution in [3.63, 3.8) is 0 Å². The average molecular weight is 326 g/mol. The van der Waals surface area contributed by atoms with Crippen molar-refractivity contribution in [1.29, 1.82) is 0 Å². The molecule has 0 aromatic rings. The highest BCUT2D eigenvalue weighted by atomic mass is 16.5. The number of amides is 2. The number of nitrogens with one attached hydrogen (secondary N) is 1. The van der Waals surface area contributed by atoms with E-state index in [9.17, 15) is 9.59 Å². The first kappa shape index (κ1) is 16.6. The molecule has 8 nitrogen and oxygen atoms in total. The number of ether oxygens (including phenoxy) is 2. The van der Waals surface area contributed by atoms with E-state index in [0.717, 1.165) is 19.6 Å². The average Bonchev–Trinajstić information content (AvgIpc) is 2.63. The number of piperazine rings is 1. The first-order valence-electron chi connectivity index (χ1n) is 8.42. The van der Waals surface area contributed by atoms with E-state index in [4.69, 9.17) is 9.47 Å². The van der Waals surface area contributed by atoms with Crippen LogP contribution >= 0.6 is 0 Å². The Balaban J connectivity index is 1.41. The fraction of sp³-hybridized carbons (Fsp3) is 0.867. The second-order valence-corrected chi connectivity index (χ2v) is 6.18. The minimum atomic E-state index is -0.217. The number of rotatable bonds is 3. The maximum Gasteiger partial charge on any atom is 0.242 e. The van der Waals surface area contributed by atoms with Crippen LogP contribution in [0.2, 0.25) is 0 Å². The Labute approximate surface area is 136 Å². The van der Waals surface area contributed by atoms with Gasteiger partial charge in [-0.25, -0.2) is 0 Å². The minimum absolute atomic E-state index is 0.115. The SMILES string of the molecule is O=C(CN1CCN(C(=O)C2COCCN2)CC1)N1CCOCC1. The first-order chi connectivity index (χ1) is 11.2. The van der Waals surface area contributed by atoms with Crippen molar-refractivity contribution in [3.8, 4) is 0 Å². The molecule has 8 heteroatoms. The van der Waals surface area contributed by atoms with E-state index >= 15 is 0 Å². The van der Waals surface area contributed by atoms with Gasteiger partial charge in [0.05, 0.1) is 33.0 Å². The van der Waals surface area contributed by atoms with Gasteiger partial charge in [-0.3, -0.25) is 14.5 Å². The van der Waals surface area contributed by atoms with E-state index in [0.29, 0.717) is 59.2 Å². The van der Waals surface area contributed by atoms with Gasteiger partial charge in [-0.2, -0.15) is 0 Å². The zero-order chi connectivity index (χ0) is 16.1. The van der Waals surface area contributed by atoms with Gasteiger partial charge in [0.15, 0.2) is 0 Å². The van der Waals surface area contributed by atoms with Crippen LogP contribution < -0.4 is 5.32 Å². The Hall–Kier alpha value is -1.22. The molecule has 3 aliphatic rings. The molecule has 130 valence electrons. The summed E-state index contributed by atoms with van der Waals surface area (Å²) in [4.78, 5) is 30.5. The van der Waals surface area contributed by atoms with Crippen LogP contribution in [0.25, 0.3) is 0 Å². The van der Waals surface area contributed by atoms with Crippen molar-refractivity contribution in [3.05, 3.63) is 0 Å². The summed E-state index contributed by atoms with van der Waals surface area (Å²) in [7, 11) is 0. The highest BCUT2D eigenvalue weighted by Gasteiger charge is 2.29. The molecule has 2 amide bonds. The fourth-order valence-corrected chi connectivity index (χ4v) is 3.17. The molecule has 1 atom stereocenters. The van der Waals surface area contributed by atoms with Gasteiger partial charge >= 0.3 is 0 Å². The molecular weight excluding hydrogens is 300 g/mol. The van der Waals surface area contributed by atoms with Gasteiger partial charge in [-0.15, -0.1) is 0 Å². The van der Waals surface area contributed by atoms with Gasteiger partial charge < -0.3 is 24.6 Å². The highest BCUT2D eigenvalue weighted by molar-refractivity contribution is 5.82. The summed E-state index contributed by atoms with van der Waals surface area (Å²) in [5.74, 6) is 0.277. The van der Waals surface area contributed by atoms with Crippen LogP contribution in [-0.4, -0.2) is 111 Å². The Morgan fingerprint density at radius 3 is 2.30 bits per heavy atom. The molecule has 3 aliphatic heterocycles. The molecule has 0 aromatic heterocycles. The van der Waals surface area contributed by atoms with E-state index in [2.05, 4.69) is 10.2 Å². The fourth-order valence-electron chi connectivity index (χ4n) is 3.17. The number of hydrogen-bond acceptors (Lipinski definition) is 6. The van der Waals surface area contributed by atoms with Crippen LogP contribution in [0.4, 0.5) is 0 Å². The van der Waals surface area contributed by atoms with Crippen LogP contribution in [0.15, 0.2) is 0 Å². The zero-order valence-corrected chi connectivity index (χ0v) is 13.5. The molecule has 3 rings (SSSR count). The molecule has 0 saturated carbocycles. The molecule has 0 bridgehead atoms. The van der Waals surface area contributed by atoms with E-state index < -0.39 is 0 Å². The molecule has 1 unspecified atom stereocenters. The predicted molar refractivity (Wildman–Crippen MR) is 83.0 cm³/mol. The number of morpholine rings is 2. The van der Waals surface area contributed by atoms with Crippen molar-refractivity contribution >= 4 is 11.8 Å². The summed E-state index contributed by atoms with van der Waals surface area (Å²) in [5, 5.41) is 3.20. The lowest BCUT2D eigenvalue weighted by Gasteiger charge is -2.37. The van der Waals surface area contributed by atoms with Gasteiger partial charge in [-0.1, -0.05) is 0 Å². The molecule has 0 aliphatic carbocycles. The molecule has 1 N–H and O–H groups in total. The van der Waals surface area contributed by atoms with E-state index in [1.165, 1.54) is 0 Å². The third-order valence-corrected chi connectivity index (χ3v) is 4.63. The number of hydrogen-bond donors (Lipinski definition) is 1. The summed E-state index contributed by atoms with van der Waals surface area (Å²) in [6.45, 7) is 7.75. The van der Waals surface area contributed by atoms with Crippen molar-refractivity contribution in [2.45, 2.75) is 6.04 Å². The monoisotopic (exact) mass is 326 g/mol. The maximum atomic E-state index is 12.4. The number of carbonyl (C=O) groups is 2. The summed E-state index contributed by atoms with van der Waals surface area (Å²) in [6.07, 6.45) is 0. The second-order valence-electron chi connectivity index (χ2n) is 6.18. The summed E-state index contributed by atoms with van der Waals surface area (Å²) >= 11 is 0. The lowest BCUT2D eigenvalue weighted by atomic mass is 10.2. The number of carbonyl (C=O) groups excluding carboxylic acids is 2. The Morgan fingerprint density at radius 1 is 0.913 bits per heavy atom. The van der Waals surface area contributed by atoms with Gasteiger partial charge in [0, 0.05) is 45.8 Å². The van der Waals surface area contributed by atoms with Crippen LogP contribution in [0.5, 0.6) is 0 Å². The Morgan fingerprint density at radius 2 is 1.65 bits per heavy atom. The zero-order valence-electron chi connectivity index (χ0n) is 13.5. The van der Waals surface area contributed by atoms with Gasteiger partial charge in [-0.05, 0) is 0 Å². The molecule has 0 radical (unpaired) electrons. The maximum absolute atomic E-state index is 12.4. The third kappa shape index (κ3) is 4.41. The van der Waals surface area contributed by atoms with E-state index in [-0.39, 0.29) is 17.9 Å². The van der Waals surface area contributed by atoms with Crippen molar-refractivity contribution in [2.75, 3.05) is 78.8 Å². The van der Waals surface area contributed by atoms with E-state index in [1.54, 1.807) is 0 Å². The second kappa shape index (κ2) is 8.05.